The molecule has 0 bridgehead atoms. The maximum absolute atomic E-state index is 12.6. The average Bonchev–Trinajstić information content (AvgIpc) is 2.72. The van der Waals surface area contributed by atoms with Gasteiger partial charge in [-0.1, -0.05) is 6.92 Å². The van der Waals surface area contributed by atoms with Gasteiger partial charge >= 0.3 is 0 Å². The minimum Gasteiger partial charge on any atom is -0.395 e. The highest BCUT2D eigenvalue weighted by Gasteiger charge is 2.31. The predicted octanol–water partition coefficient (Wildman–Crippen LogP) is -0.602. The van der Waals surface area contributed by atoms with Crippen molar-refractivity contribution >= 4 is 11.6 Å². The summed E-state index contributed by atoms with van der Waals surface area (Å²) in [6, 6.07) is -0.319. The molecule has 106 valence electrons. The Hall–Kier alpha value is -1.60. The van der Waals surface area contributed by atoms with E-state index in [1.807, 2.05) is 6.92 Å². The summed E-state index contributed by atoms with van der Waals surface area (Å²) < 4.78 is 6.78. The molecule has 0 spiro atoms. The number of anilines is 1. The van der Waals surface area contributed by atoms with Gasteiger partial charge in [0.25, 0.3) is 5.91 Å². The fourth-order valence-electron chi connectivity index (χ4n) is 2.32. The molecule has 1 aromatic rings. The van der Waals surface area contributed by atoms with E-state index >= 15 is 0 Å². The van der Waals surface area contributed by atoms with Gasteiger partial charge in [-0.15, -0.1) is 0 Å². The Morgan fingerprint density at radius 1 is 1.63 bits per heavy atom. The largest absolute Gasteiger partial charge is 0.395 e. The number of aromatic nitrogens is 2. The van der Waals surface area contributed by atoms with Gasteiger partial charge in [0.15, 0.2) is 0 Å². The molecule has 1 aliphatic heterocycles. The summed E-state index contributed by atoms with van der Waals surface area (Å²) in [7, 11) is 1.71. The van der Waals surface area contributed by atoms with Crippen LogP contribution in [0.2, 0.25) is 0 Å². The topological polar surface area (TPSA) is 93.6 Å². The zero-order valence-electron chi connectivity index (χ0n) is 11.3. The van der Waals surface area contributed by atoms with Crippen molar-refractivity contribution in [3.8, 4) is 0 Å². The van der Waals surface area contributed by atoms with Gasteiger partial charge in [0, 0.05) is 13.6 Å². The van der Waals surface area contributed by atoms with Crippen LogP contribution in [0.15, 0.2) is 0 Å². The Morgan fingerprint density at radius 2 is 2.37 bits per heavy atom. The molecule has 19 heavy (non-hydrogen) atoms. The summed E-state index contributed by atoms with van der Waals surface area (Å²) in [6.45, 7) is 3.10. The molecule has 0 aliphatic carbocycles. The van der Waals surface area contributed by atoms with Gasteiger partial charge in [0.2, 0.25) is 0 Å². The van der Waals surface area contributed by atoms with Crippen LogP contribution in [0.4, 0.5) is 5.69 Å². The highest BCUT2D eigenvalue weighted by atomic mass is 16.5. The molecule has 2 rings (SSSR count). The number of rotatable bonds is 3. The Morgan fingerprint density at radius 3 is 2.95 bits per heavy atom. The van der Waals surface area contributed by atoms with Gasteiger partial charge in [-0.05, 0) is 6.42 Å². The van der Waals surface area contributed by atoms with Crippen molar-refractivity contribution in [2.45, 2.75) is 19.4 Å². The number of hydrogen-bond acceptors (Lipinski definition) is 5. The Bertz CT molecular complexity index is 472. The molecule has 7 nitrogen and oxygen atoms in total. The van der Waals surface area contributed by atoms with E-state index in [2.05, 4.69) is 5.10 Å². The quantitative estimate of drug-likeness (QED) is 0.763. The number of morpholine rings is 1. The Kier molecular flexibility index (Phi) is 4.06. The number of ether oxygens (including phenoxy) is 1. The smallest absolute Gasteiger partial charge is 0.274 e. The van der Waals surface area contributed by atoms with Crippen LogP contribution in [0.25, 0.3) is 0 Å². The van der Waals surface area contributed by atoms with E-state index in [-0.39, 0.29) is 18.6 Å². The number of nitrogen functional groups attached to an aromatic ring is 1. The number of amides is 1. The highest BCUT2D eigenvalue weighted by molar-refractivity contribution is 5.98. The van der Waals surface area contributed by atoms with Crippen LogP contribution in [0.5, 0.6) is 0 Å². The van der Waals surface area contributed by atoms with E-state index in [9.17, 15) is 9.90 Å². The molecule has 1 atom stereocenters. The zero-order chi connectivity index (χ0) is 14.0. The number of aliphatic hydroxyl groups excluding tert-OH is 1. The average molecular weight is 268 g/mol. The summed E-state index contributed by atoms with van der Waals surface area (Å²) in [5.41, 5.74) is 7.52. The first-order valence-electron chi connectivity index (χ1n) is 6.41. The number of aliphatic hydroxyl groups is 1. The number of aryl methyl sites for hydroxylation is 2. The van der Waals surface area contributed by atoms with Crippen LogP contribution in [0, 0.1) is 0 Å². The van der Waals surface area contributed by atoms with Crippen LogP contribution >= 0.6 is 0 Å². The summed E-state index contributed by atoms with van der Waals surface area (Å²) in [5.74, 6) is -0.199. The zero-order valence-corrected chi connectivity index (χ0v) is 11.3. The highest BCUT2D eigenvalue weighted by Crippen LogP contribution is 2.20. The SMILES string of the molecule is CCc1nn(C)c(C(=O)N2CCOCC2CO)c1N. The van der Waals surface area contributed by atoms with Crippen molar-refractivity contribution in [1.82, 2.24) is 14.7 Å². The molecule has 0 saturated carbocycles. The molecule has 1 unspecified atom stereocenters. The summed E-state index contributed by atoms with van der Waals surface area (Å²) >= 11 is 0. The lowest BCUT2D eigenvalue weighted by molar-refractivity contribution is -0.0188. The van der Waals surface area contributed by atoms with E-state index in [4.69, 9.17) is 10.5 Å². The lowest BCUT2D eigenvalue weighted by Gasteiger charge is -2.34. The fraction of sp³-hybridized carbons (Fsp3) is 0.667. The summed E-state index contributed by atoms with van der Waals surface area (Å²) in [4.78, 5) is 14.2. The third kappa shape index (κ3) is 2.43. The number of nitrogens with two attached hydrogens (primary N) is 1. The number of hydrogen-bond donors (Lipinski definition) is 2. The monoisotopic (exact) mass is 268 g/mol. The van der Waals surface area contributed by atoms with Gasteiger partial charge in [-0.3, -0.25) is 9.48 Å². The van der Waals surface area contributed by atoms with Crippen molar-refractivity contribution in [3.05, 3.63) is 11.4 Å². The van der Waals surface area contributed by atoms with Gasteiger partial charge in [-0.2, -0.15) is 5.10 Å². The van der Waals surface area contributed by atoms with E-state index in [0.717, 1.165) is 5.69 Å². The third-order valence-electron chi connectivity index (χ3n) is 3.40. The van der Waals surface area contributed by atoms with Crippen LogP contribution < -0.4 is 5.73 Å². The minimum atomic E-state index is -0.319. The molecular weight excluding hydrogens is 248 g/mol. The minimum absolute atomic E-state index is 0.121. The Labute approximate surface area is 111 Å². The van der Waals surface area contributed by atoms with Gasteiger partial charge in [0.05, 0.1) is 37.2 Å². The molecule has 0 aromatic carbocycles. The van der Waals surface area contributed by atoms with Crippen LogP contribution in [-0.4, -0.2) is 58.1 Å². The molecule has 2 heterocycles. The molecule has 3 N–H and O–H groups in total. The van der Waals surface area contributed by atoms with Gasteiger partial charge in [0.1, 0.15) is 5.69 Å². The summed E-state index contributed by atoms with van der Waals surface area (Å²) in [6.07, 6.45) is 0.680. The van der Waals surface area contributed by atoms with Crippen molar-refractivity contribution in [2.24, 2.45) is 7.05 Å². The predicted molar refractivity (Wildman–Crippen MR) is 69.7 cm³/mol. The second-order valence-corrected chi connectivity index (χ2v) is 4.60. The first-order chi connectivity index (χ1) is 9.10. The maximum Gasteiger partial charge on any atom is 0.274 e. The molecule has 7 heteroatoms. The second kappa shape index (κ2) is 5.58. The number of carbonyl (C=O) groups is 1. The molecule has 0 radical (unpaired) electrons. The van der Waals surface area contributed by atoms with E-state index in [1.165, 1.54) is 4.68 Å². The molecule has 1 saturated heterocycles. The van der Waals surface area contributed by atoms with Crippen LogP contribution in [-0.2, 0) is 18.2 Å². The molecule has 1 aliphatic rings. The van der Waals surface area contributed by atoms with Crippen molar-refractivity contribution in [2.75, 3.05) is 32.1 Å². The molecule has 1 aromatic heterocycles. The Balaban J connectivity index is 2.30. The lowest BCUT2D eigenvalue weighted by atomic mass is 10.2. The van der Waals surface area contributed by atoms with Gasteiger partial charge in [-0.25, -0.2) is 0 Å². The lowest BCUT2D eigenvalue weighted by Crippen LogP contribution is -2.51. The fourth-order valence-corrected chi connectivity index (χ4v) is 2.32. The first-order valence-corrected chi connectivity index (χ1v) is 6.41. The van der Waals surface area contributed by atoms with Crippen LogP contribution in [0.3, 0.4) is 0 Å². The standard InChI is InChI=1S/C12H20N4O3/c1-3-9-10(13)11(15(2)14-9)12(18)16-4-5-19-7-8(16)6-17/h8,17H,3-7,13H2,1-2H3. The second-order valence-electron chi connectivity index (χ2n) is 4.60. The van der Waals surface area contributed by atoms with Gasteiger partial charge < -0.3 is 20.5 Å². The van der Waals surface area contributed by atoms with Crippen molar-refractivity contribution < 1.29 is 14.6 Å². The van der Waals surface area contributed by atoms with E-state index < -0.39 is 0 Å². The normalized spacial score (nSPS) is 19.7. The van der Waals surface area contributed by atoms with Crippen molar-refractivity contribution in [1.29, 1.82) is 0 Å². The molecule has 1 amide bonds. The first kappa shape index (κ1) is 13.8. The number of nitrogens with zero attached hydrogens (tertiary/aromatic N) is 3. The summed E-state index contributed by atoms with van der Waals surface area (Å²) in [5, 5.41) is 13.6. The molecule has 1 fully saturated rings. The van der Waals surface area contributed by atoms with Crippen LogP contribution in [0.1, 0.15) is 23.1 Å². The van der Waals surface area contributed by atoms with E-state index in [0.29, 0.717) is 37.6 Å². The van der Waals surface area contributed by atoms with Crippen molar-refractivity contribution in [3.63, 3.8) is 0 Å². The number of carbonyl (C=O) groups excluding carboxylic acids is 1. The molecular formula is C12H20N4O3. The maximum atomic E-state index is 12.6. The van der Waals surface area contributed by atoms with E-state index in [1.54, 1.807) is 11.9 Å². The third-order valence-corrected chi connectivity index (χ3v) is 3.40.